The fraction of sp³-hybridized carbons (Fsp3) is 1.00. The summed E-state index contributed by atoms with van der Waals surface area (Å²) < 4.78 is 23.9. The summed E-state index contributed by atoms with van der Waals surface area (Å²) in [7, 11) is -2.63. The first-order valence-electron chi connectivity index (χ1n) is 2.90. The van der Waals surface area contributed by atoms with Gasteiger partial charge in [-0.1, -0.05) is 13.8 Å². The van der Waals surface area contributed by atoms with Crippen molar-refractivity contribution in [3.05, 3.63) is 0 Å². The SMILES string of the molecule is CC(C)CCO[SH](=O)=O. The van der Waals surface area contributed by atoms with Crippen LogP contribution in [0.2, 0.25) is 0 Å². The smallest absolute Gasteiger partial charge is 0.257 e. The molecule has 0 saturated carbocycles. The fourth-order valence-corrected chi connectivity index (χ4v) is 0.617. The van der Waals surface area contributed by atoms with Crippen LogP contribution in [0.4, 0.5) is 0 Å². The molecule has 0 saturated heterocycles. The third kappa shape index (κ3) is 7.91. The molecule has 0 spiro atoms. The van der Waals surface area contributed by atoms with Gasteiger partial charge >= 0.3 is 0 Å². The molecule has 0 atom stereocenters. The molecular formula is C5H12O3S. The highest BCUT2D eigenvalue weighted by Crippen LogP contribution is 1.98. The van der Waals surface area contributed by atoms with Crippen molar-refractivity contribution in [1.29, 1.82) is 0 Å². The second-order valence-electron chi connectivity index (χ2n) is 2.24. The number of thiol groups is 1. The van der Waals surface area contributed by atoms with E-state index in [2.05, 4.69) is 4.18 Å². The highest BCUT2D eigenvalue weighted by molar-refractivity contribution is 7.67. The molecule has 0 radical (unpaired) electrons. The molecule has 0 aliphatic heterocycles. The van der Waals surface area contributed by atoms with Gasteiger partial charge in [0.25, 0.3) is 11.0 Å². The van der Waals surface area contributed by atoms with Crippen molar-refractivity contribution in [1.82, 2.24) is 0 Å². The molecule has 0 N–H and O–H groups in total. The predicted octanol–water partition coefficient (Wildman–Crippen LogP) is 0.576. The van der Waals surface area contributed by atoms with E-state index in [9.17, 15) is 8.42 Å². The maximum atomic E-state index is 9.80. The maximum Gasteiger partial charge on any atom is 0.257 e. The van der Waals surface area contributed by atoms with E-state index in [0.29, 0.717) is 12.5 Å². The van der Waals surface area contributed by atoms with Crippen LogP contribution >= 0.6 is 0 Å². The van der Waals surface area contributed by atoms with Gasteiger partial charge in [-0.05, 0) is 12.3 Å². The van der Waals surface area contributed by atoms with Gasteiger partial charge in [-0.15, -0.1) is 0 Å². The lowest BCUT2D eigenvalue weighted by atomic mass is 10.2. The molecular weight excluding hydrogens is 140 g/mol. The van der Waals surface area contributed by atoms with Crippen LogP contribution in [0.15, 0.2) is 0 Å². The molecule has 9 heavy (non-hydrogen) atoms. The first kappa shape index (κ1) is 8.91. The van der Waals surface area contributed by atoms with Gasteiger partial charge < -0.3 is 0 Å². The Morgan fingerprint density at radius 1 is 1.44 bits per heavy atom. The second-order valence-corrected chi connectivity index (χ2v) is 2.94. The minimum Gasteiger partial charge on any atom is -0.272 e. The van der Waals surface area contributed by atoms with E-state index in [4.69, 9.17) is 0 Å². The first-order valence-corrected chi connectivity index (χ1v) is 3.99. The molecule has 4 heteroatoms. The summed E-state index contributed by atoms with van der Waals surface area (Å²) in [5.74, 6) is 0.500. The molecule has 0 aromatic heterocycles. The van der Waals surface area contributed by atoms with E-state index < -0.39 is 11.0 Å². The van der Waals surface area contributed by atoms with Crippen LogP contribution in [0.1, 0.15) is 20.3 Å². The van der Waals surface area contributed by atoms with E-state index in [1.807, 2.05) is 13.8 Å². The Morgan fingerprint density at radius 2 is 2.00 bits per heavy atom. The van der Waals surface area contributed by atoms with Crippen molar-refractivity contribution < 1.29 is 12.6 Å². The van der Waals surface area contributed by atoms with Gasteiger partial charge in [0, 0.05) is 0 Å². The summed E-state index contributed by atoms with van der Waals surface area (Å²) in [6.45, 7) is 4.35. The average molecular weight is 152 g/mol. The molecule has 0 aromatic carbocycles. The molecule has 3 nitrogen and oxygen atoms in total. The Kier molecular flexibility index (Phi) is 4.71. The van der Waals surface area contributed by atoms with Crippen LogP contribution in [0.5, 0.6) is 0 Å². The van der Waals surface area contributed by atoms with Gasteiger partial charge in [0.2, 0.25) is 0 Å². The van der Waals surface area contributed by atoms with Gasteiger partial charge in [-0.2, -0.15) is 0 Å². The average Bonchev–Trinajstić information content (AvgIpc) is 1.63. The van der Waals surface area contributed by atoms with Crippen LogP contribution in [-0.2, 0) is 15.2 Å². The van der Waals surface area contributed by atoms with Crippen molar-refractivity contribution in [3.63, 3.8) is 0 Å². The quantitative estimate of drug-likeness (QED) is 0.599. The van der Waals surface area contributed by atoms with Gasteiger partial charge in [-0.3, -0.25) is 4.18 Å². The van der Waals surface area contributed by atoms with Gasteiger partial charge in [0.15, 0.2) is 0 Å². The minimum absolute atomic E-state index is 0.316. The Hall–Kier alpha value is -0.0900. The number of hydrogen-bond acceptors (Lipinski definition) is 3. The van der Waals surface area contributed by atoms with Crippen LogP contribution in [-0.4, -0.2) is 15.0 Å². The molecule has 0 aromatic rings. The van der Waals surface area contributed by atoms with Crippen molar-refractivity contribution in [2.45, 2.75) is 20.3 Å². The van der Waals surface area contributed by atoms with E-state index in [1.54, 1.807) is 0 Å². The molecule has 0 bridgehead atoms. The standard InChI is InChI=1S/C5H12O3S/c1-5(2)3-4-8-9(6)7/h5,9H,3-4H2,1-2H3. The lowest BCUT2D eigenvalue weighted by Crippen LogP contribution is -1.96. The second kappa shape index (κ2) is 4.76. The van der Waals surface area contributed by atoms with E-state index >= 15 is 0 Å². The van der Waals surface area contributed by atoms with Crippen LogP contribution in [0.25, 0.3) is 0 Å². The van der Waals surface area contributed by atoms with E-state index in [0.717, 1.165) is 6.42 Å². The zero-order valence-electron chi connectivity index (χ0n) is 5.66. The normalized spacial score (nSPS) is 11.1. The van der Waals surface area contributed by atoms with Crippen LogP contribution in [0.3, 0.4) is 0 Å². The molecule has 0 aliphatic carbocycles. The van der Waals surface area contributed by atoms with Crippen molar-refractivity contribution in [3.8, 4) is 0 Å². The van der Waals surface area contributed by atoms with Gasteiger partial charge in [-0.25, -0.2) is 8.42 Å². The zero-order chi connectivity index (χ0) is 7.28. The highest BCUT2D eigenvalue weighted by atomic mass is 32.2. The molecule has 0 aliphatic rings. The largest absolute Gasteiger partial charge is 0.272 e. The molecule has 0 rings (SSSR count). The summed E-state index contributed by atoms with van der Waals surface area (Å²) in [5.41, 5.74) is 0. The Balaban J connectivity index is 3.10. The van der Waals surface area contributed by atoms with Crippen molar-refractivity contribution >= 4 is 11.0 Å². The summed E-state index contributed by atoms with van der Waals surface area (Å²) in [5, 5.41) is 0. The summed E-state index contributed by atoms with van der Waals surface area (Å²) in [6.07, 6.45) is 0.795. The zero-order valence-corrected chi connectivity index (χ0v) is 6.56. The third-order valence-electron chi connectivity index (χ3n) is 0.892. The van der Waals surface area contributed by atoms with Gasteiger partial charge in [0.1, 0.15) is 0 Å². The number of rotatable bonds is 4. The lowest BCUT2D eigenvalue weighted by molar-refractivity contribution is 0.305. The molecule has 0 unspecified atom stereocenters. The number of hydrogen-bond donors (Lipinski definition) is 1. The van der Waals surface area contributed by atoms with E-state index in [1.165, 1.54) is 0 Å². The third-order valence-corrected chi connectivity index (χ3v) is 1.29. The first-order chi connectivity index (χ1) is 4.13. The van der Waals surface area contributed by atoms with Crippen LogP contribution < -0.4 is 0 Å². The van der Waals surface area contributed by atoms with Crippen molar-refractivity contribution in [2.75, 3.05) is 6.61 Å². The van der Waals surface area contributed by atoms with Crippen molar-refractivity contribution in [2.24, 2.45) is 5.92 Å². The topological polar surface area (TPSA) is 43.4 Å². The summed E-state index contributed by atoms with van der Waals surface area (Å²) in [4.78, 5) is 0. The molecule has 0 amide bonds. The molecule has 0 heterocycles. The Morgan fingerprint density at radius 3 is 2.33 bits per heavy atom. The fourth-order valence-electron chi connectivity index (χ4n) is 0.363. The lowest BCUT2D eigenvalue weighted by Gasteiger charge is -1.99. The van der Waals surface area contributed by atoms with Gasteiger partial charge in [0.05, 0.1) is 6.61 Å². The minimum atomic E-state index is -2.63. The summed E-state index contributed by atoms with van der Waals surface area (Å²) >= 11 is 0. The van der Waals surface area contributed by atoms with E-state index in [-0.39, 0.29) is 0 Å². The Labute approximate surface area is 57.2 Å². The monoisotopic (exact) mass is 152 g/mol. The highest BCUT2D eigenvalue weighted by Gasteiger charge is 1.92. The van der Waals surface area contributed by atoms with Crippen LogP contribution in [0, 0.1) is 5.92 Å². The maximum absolute atomic E-state index is 9.80. The molecule has 56 valence electrons. The molecule has 0 fully saturated rings. The predicted molar refractivity (Wildman–Crippen MR) is 35.7 cm³/mol. The Bertz CT molecular complexity index is 120. The summed E-state index contributed by atoms with van der Waals surface area (Å²) in [6, 6.07) is 0.